The highest BCUT2D eigenvalue weighted by atomic mass is 35.5. The van der Waals surface area contributed by atoms with Gasteiger partial charge in [0.15, 0.2) is 0 Å². The number of sulfonamides is 1. The Kier molecular flexibility index (Phi) is 4.90. The predicted molar refractivity (Wildman–Crippen MR) is 77.6 cm³/mol. The third kappa shape index (κ3) is 4.26. The Morgan fingerprint density at radius 1 is 1.21 bits per heavy atom. The van der Waals surface area contributed by atoms with Crippen LogP contribution in [0.1, 0.15) is 0 Å². The second-order valence-corrected chi connectivity index (χ2v) is 6.48. The first-order valence-corrected chi connectivity index (χ1v) is 8.28. The number of rotatable bonds is 5. The number of morpholine rings is 1. The van der Waals surface area contributed by atoms with Crippen LogP contribution in [0.2, 0.25) is 0 Å². The van der Waals surface area contributed by atoms with Crippen LogP contribution < -0.4 is 9.62 Å². The van der Waals surface area contributed by atoms with Gasteiger partial charge in [0.05, 0.1) is 19.0 Å². The summed E-state index contributed by atoms with van der Waals surface area (Å²) in [7, 11) is -3.34. The van der Waals surface area contributed by atoms with E-state index in [-0.39, 0.29) is 11.6 Å². The van der Waals surface area contributed by atoms with Crippen molar-refractivity contribution in [3.05, 3.63) is 24.3 Å². The molecule has 0 atom stereocenters. The minimum atomic E-state index is -3.34. The van der Waals surface area contributed by atoms with Crippen molar-refractivity contribution in [3.8, 4) is 0 Å². The lowest BCUT2D eigenvalue weighted by molar-refractivity contribution is 0.122. The molecule has 1 aliphatic heterocycles. The highest BCUT2D eigenvalue weighted by molar-refractivity contribution is 7.92. The van der Waals surface area contributed by atoms with Gasteiger partial charge in [0.2, 0.25) is 10.0 Å². The van der Waals surface area contributed by atoms with E-state index in [4.69, 9.17) is 16.3 Å². The number of nitrogens with zero attached hydrogens (tertiary/aromatic N) is 1. The van der Waals surface area contributed by atoms with Crippen molar-refractivity contribution in [3.63, 3.8) is 0 Å². The SMILES string of the molecule is O=S(=O)(CCCl)Nc1ccc(N2CCOCC2)cc1. The van der Waals surface area contributed by atoms with E-state index in [1.165, 1.54) is 0 Å². The van der Waals surface area contributed by atoms with Gasteiger partial charge < -0.3 is 9.64 Å². The summed E-state index contributed by atoms with van der Waals surface area (Å²) in [5.41, 5.74) is 1.63. The van der Waals surface area contributed by atoms with Crippen LogP contribution in [0, 0.1) is 0 Å². The lowest BCUT2D eigenvalue weighted by Gasteiger charge is -2.28. The lowest BCUT2D eigenvalue weighted by Crippen LogP contribution is -2.36. The molecule has 0 aromatic heterocycles. The molecule has 0 amide bonds. The summed E-state index contributed by atoms with van der Waals surface area (Å²) < 4.78 is 30.9. The summed E-state index contributed by atoms with van der Waals surface area (Å²) >= 11 is 5.44. The van der Waals surface area contributed by atoms with Crippen LogP contribution in [0.15, 0.2) is 24.3 Å². The van der Waals surface area contributed by atoms with E-state index in [1.807, 2.05) is 12.1 Å². The molecular formula is C12H17ClN2O3S. The fraction of sp³-hybridized carbons (Fsp3) is 0.500. The summed E-state index contributed by atoms with van der Waals surface area (Å²) in [5, 5.41) is 0. The molecule has 1 saturated heterocycles. The summed E-state index contributed by atoms with van der Waals surface area (Å²) in [4.78, 5) is 2.21. The summed E-state index contributed by atoms with van der Waals surface area (Å²) in [6.45, 7) is 3.17. The molecule has 1 aromatic carbocycles. The molecule has 0 spiro atoms. The normalized spacial score (nSPS) is 16.4. The van der Waals surface area contributed by atoms with E-state index in [9.17, 15) is 8.42 Å². The first-order chi connectivity index (χ1) is 9.11. The zero-order chi connectivity index (χ0) is 13.7. The smallest absolute Gasteiger partial charge is 0.233 e. The lowest BCUT2D eigenvalue weighted by atomic mass is 10.2. The molecule has 0 aliphatic carbocycles. The van der Waals surface area contributed by atoms with Crippen molar-refractivity contribution < 1.29 is 13.2 Å². The third-order valence-electron chi connectivity index (χ3n) is 2.86. The Hall–Kier alpha value is -0.980. The monoisotopic (exact) mass is 304 g/mol. The molecule has 1 N–H and O–H groups in total. The van der Waals surface area contributed by atoms with Gasteiger partial charge in [0.1, 0.15) is 0 Å². The van der Waals surface area contributed by atoms with E-state index in [1.54, 1.807) is 12.1 Å². The van der Waals surface area contributed by atoms with Crippen LogP contribution in [0.3, 0.4) is 0 Å². The molecule has 1 fully saturated rings. The number of alkyl halides is 1. The fourth-order valence-electron chi connectivity index (χ4n) is 1.89. The van der Waals surface area contributed by atoms with Gasteiger partial charge in [0, 0.05) is 30.3 Å². The van der Waals surface area contributed by atoms with Gasteiger partial charge in [-0.1, -0.05) is 0 Å². The van der Waals surface area contributed by atoms with E-state index >= 15 is 0 Å². The number of halogens is 1. The Morgan fingerprint density at radius 2 is 1.84 bits per heavy atom. The number of hydrogen-bond acceptors (Lipinski definition) is 4. The van der Waals surface area contributed by atoms with E-state index in [2.05, 4.69) is 9.62 Å². The van der Waals surface area contributed by atoms with Crippen LogP contribution in [-0.2, 0) is 14.8 Å². The van der Waals surface area contributed by atoms with E-state index in [0.29, 0.717) is 5.69 Å². The van der Waals surface area contributed by atoms with Gasteiger partial charge >= 0.3 is 0 Å². The maximum atomic E-state index is 11.6. The van der Waals surface area contributed by atoms with Gasteiger partial charge in [-0.05, 0) is 24.3 Å². The van der Waals surface area contributed by atoms with Crippen LogP contribution in [0.25, 0.3) is 0 Å². The molecule has 1 aliphatic rings. The molecule has 0 unspecified atom stereocenters. The zero-order valence-corrected chi connectivity index (χ0v) is 12.1. The van der Waals surface area contributed by atoms with Crippen molar-refractivity contribution in [2.75, 3.05) is 47.6 Å². The van der Waals surface area contributed by atoms with E-state index < -0.39 is 10.0 Å². The van der Waals surface area contributed by atoms with Gasteiger partial charge in [-0.2, -0.15) is 0 Å². The van der Waals surface area contributed by atoms with E-state index in [0.717, 1.165) is 32.0 Å². The molecule has 0 radical (unpaired) electrons. The predicted octanol–water partition coefficient (Wildman–Crippen LogP) is 1.50. The molecular weight excluding hydrogens is 288 g/mol. The Labute approximate surface area is 118 Å². The second kappa shape index (κ2) is 6.45. The highest BCUT2D eigenvalue weighted by Gasteiger charge is 2.12. The topological polar surface area (TPSA) is 58.6 Å². The zero-order valence-electron chi connectivity index (χ0n) is 10.5. The third-order valence-corrected chi connectivity index (χ3v) is 4.56. The molecule has 106 valence electrons. The number of hydrogen-bond donors (Lipinski definition) is 1. The Bertz CT molecular complexity index is 498. The van der Waals surface area contributed by atoms with Crippen molar-refractivity contribution in [2.45, 2.75) is 0 Å². The molecule has 19 heavy (non-hydrogen) atoms. The second-order valence-electron chi connectivity index (χ2n) is 4.26. The number of nitrogens with one attached hydrogen (secondary N) is 1. The number of benzene rings is 1. The molecule has 1 heterocycles. The average molecular weight is 305 g/mol. The fourth-order valence-corrected chi connectivity index (χ4v) is 3.30. The summed E-state index contributed by atoms with van der Waals surface area (Å²) in [6, 6.07) is 7.33. The number of ether oxygens (including phenoxy) is 1. The van der Waals surface area contributed by atoms with Crippen molar-refractivity contribution in [1.82, 2.24) is 0 Å². The molecule has 2 rings (SSSR count). The first-order valence-electron chi connectivity index (χ1n) is 6.10. The van der Waals surface area contributed by atoms with Gasteiger partial charge in [0.25, 0.3) is 0 Å². The summed E-state index contributed by atoms with van der Waals surface area (Å²) in [6.07, 6.45) is 0. The van der Waals surface area contributed by atoms with Gasteiger partial charge in [-0.25, -0.2) is 8.42 Å². The Balaban J connectivity index is 2.02. The molecule has 7 heteroatoms. The number of anilines is 2. The molecule has 0 bridgehead atoms. The van der Waals surface area contributed by atoms with Crippen molar-refractivity contribution >= 4 is 33.0 Å². The van der Waals surface area contributed by atoms with Crippen LogP contribution in [0.5, 0.6) is 0 Å². The Morgan fingerprint density at radius 3 is 2.42 bits per heavy atom. The minimum Gasteiger partial charge on any atom is -0.378 e. The molecule has 5 nitrogen and oxygen atoms in total. The van der Waals surface area contributed by atoms with Gasteiger partial charge in [-0.3, -0.25) is 4.72 Å². The first kappa shape index (κ1) is 14.4. The van der Waals surface area contributed by atoms with Crippen molar-refractivity contribution in [1.29, 1.82) is 0 Å². The van der Waals surface area contributed by atoms with Crippen LogP contribution in [0.4, 0.5) is 11.4 Å². The summed E-state index contributed by atoms with van der Waals surface area (Å²) in [5.74, 6) is 0.000958. The maximum Gasteiger partial charge on any atom is 0.233 e. The molecule has 1 aromatic rings. The van der Waals surface area contributed by atoms with Crippen LogP contribution in [-0.4, -0.2) is 46.4 Å². The van der Waals surface area contributed by atoms with Gasteiger partial charge in [-0.15, -0.1) is 11.6 Å². The molecule has 0 saturated carbocycles. The highest BCUT2D eigenvalue weighted by Crippen LogP contribution is 2.19. The van der Waals surface area contributed by atoms with Crippen LogP contribution >= 0.6 is 11.6 Å². The largest absolute Gasteiger partial charge is 0.378 e. The quantitative estimate of drug-likeness (QED) is 0.838. The maximum absolute atomic E-state index is 11.6. The minimum absolute atomic E-state index is 0.0836. The van der Waals surface area contributed by atoms with Crippen molar-refractivity contribution in [2.24, 2.45) is 0 Å². The standard InChI is InChI=1S/C12H17ClN2O3S/c13-5-10-19(16,17)14-11-1-3-12(4-2-11)15-6-8-18-9-7-15/h1-4,14H,5-10H2. The average Bonchev–Trinajstić information content (AvgIpc) is 2.40.